The number of ketones is 1. The Bertz CT molecular complexity index is 1250. The number of nitrogens with one attached hydrogen (secondary N) is 1. The van der Waals surface area contributed by atoms with Gasteiger partial charge in [-0.25, -0.2) is 4.98 Å². The van der Waals surface area contributed by atoms with E-state index in [4.69, 9.17) is 9.72 Å². The highest BCUT2D eigenvalue weighted by Crippen LogP contribution is 2.32. The number of likely N-dealkylation sites (N-methyl/N-ethyl adjacent to an activating group) is 1. The average Bonchev–Trinajstić information content (AvgIpc) is 3.50. The molecule has 1 aromatic carbocycles. The number of methoxy groups -OCH3 is 1. The van der Waals surface area contributed by atoms with Gasteiger partial charge in [-0.1, -0.05) is 78.3 Å². The van der Waals surface area contributed by atoms with Gasteiger partial charge in [-0.15, -0.1) is 11.3 Å². The molecule has 0 aliphatic carbocycles. The first-order chi connectivity index (χ1) is 21.8. The Balaban J connectivity index is 1.70. The van der Waals surface area contributed by atoms with Crippen molar-refractivity contribution in [2.24, 2.45) is 23.7 Å². The van der Waals surface area contributed by atoms with Crippen LogP contribution >= 0.6 is 11.3 Å². The van der Waals surface area contributed by atoms with Crippen LogP contribution in [0.2, 0.25) is 0 Å². The molecule has 46 heavy (non-hydrogen) atoms. The van der Waals surface area contributed by atoms with E-state index in [0.717, 1.165) is 43.7 Å². The van der Waals surface area contributed by atoms with Crippen LogP contribution in [0.5, 0.6) is 0 Å². The Morgan fingerprint density at radius 3 is 2.33 bits per heavy atom. The largest absolute Gasteiger partial charge is 0.374 e. The van der Waals surface area contributed by atoms with Crippen molar-refractivity contribution < 1.29 is 19.1 Å². The molecule has 5 atom stereocenters. The summed E-state index contributed by atoms with van der Waals surface area (Å²) in [5.74, 6) is 0.250. The Hall–Kier alpha value is -2.62. The number of piperidine rings is 1. The first-order valence-electron chi connectivity index (χ1n) is 17.1. The van der Waals surface area contributed by atoms with Gasteiger partial charge in [0.15, 0.2) is 5.78 Å². The fourth-order valence-electron chi connectivity index (χ4n) is 6.72. The van der Waals surface area contributed by atoms with Crippen LogP contribution in [0.4, 0.5) is 0 Å². The van der Waals surface area contributed by atoms with E-state index in [1.54, 1.807) is 12.5 Å². The minimum absolute atomic E-state index is 0.00236. The number of aromatic nitrogens is 1. The lowest BCUT2D eigenvalue weighted by molar-refractivity contribution is -0.143. The maximum Gasteiger partial charge on any atom is 0.270 e. The summed E-state index contributed by atoms with van der Waals surface area (Å²) in [4.78, 5) is 49.4. The third-order valence-corrected chi connectivity index (χ3v) is 10.4. The first-order valence-corrected chi connectivity index (χ1v) is 18.0. The molecule has 1 N–H and O–H groups in total. The van der Waals surface area contributed by atoms with Crippen LogP contribution in [0.3, 0.4) is 0 Å². The first kappa shape index (κ1) is 37.8. The summed E-state index contributed by atoms with van der Waals surface area (Å²) in [5, 5.41) is 5.74. The summed E-state index contributed by atoms with van der Waals surface area (Å²) in [7, 11) is 5.52. The Kier molecular flexibility index (Phi) is 14.9. The summed E-state index contributed by atoms with van der Waals surface area (Å²) in [6.07, 6.45) is 5.11. The SMILES string of the molecule is CO[C@H](C[C@H](C(C)C)N(C)C(=O)[C@@H](CC(=O)[C@H]1CCCCN1C)C(C)C)c1nc(C(=O)N[C@@H](Cc2ccccc2)CC(C)C)cs1. The van der Waals surface area contributed by atoms with Crippen LogP contribution in [0.15, 0.2) is 35.7 Å². The smallest absolute Gasteiger partial charge is 0.270 e. The van der Waals surface area contributed by atoms with Crippen molar-refractivity contribution in [3.63, 3.8) is 0 Å². The van der Waals surface area contributed by atoms with E-state index in [1.807, 2.05) is 51.0 Å². The Labute approximate surface area is 281 Å². The fraction of sp³-hybridized carbons (Fsp3) is 0.676. The van der Waals surface area contributed by atoms with Crippen molar-refractivity contribution in [3.05, 3.63) is 52.0 Å². The van der Waals surface area contributed by atoms with Gasteiger partial charge in [0, 0.05) is 50.4 Å². The number of benzene rings is 1. The number of carbonyl (C=O) groups is 3. The van der Waals surface area contributed by atoms with Crippen LogP contribution in [0, 0.1) is 23.7 Å². The minimum atomic E-state index is -0.375. The van der Waals surface area contributed by atoms with Gasteiger partial charge in [0.25, 0.3) is 5.91 Å². The molecule has 1 saturated heterocycles. The number of Topliss-reactive ketones (excluding diaryl/α,β-unsaturated/α-hetero) is 1. The second kappa shape index (κ2) is 18.1. The molecular formula is C37H58N4O4S. The molecule has 9 heteroatoms. The average molecular weight is 655 g/mol. The molecule has 8 nitrogen and oxygen atoms in total. The number of rotatable bonds is 17. The van der Waals surface area contributed by atoms with Gasteiger partial charge in [-0.3, -0.25) is 19.3 Å². The number of carbonyl (C=O) groups excluding carboxylic acids is 3. The van der Waals surface area contributed by atoms with Gasteiger partial charge >= 0.3 is 0 Å². The minimum Gasteiger partial charge on any atom is -0.374 e. The van der Waals surface area contributed by atoms with Crippen LogP contribution in [-0.2, 0) is 20.7 Å². The van der Waals surface area contributed by atoms with Crippen molar-refractivity contribution in [1.82, 2.24) is 20.1 Å². The maximum atomic E-state index is 14.0. The topological polar surface area (TPSA) is 91.8 Å². The highest BCUT2D eigenvalue weighted by molar-refractivity contribution is 7.09. The molecule has 1 aliphatic rings. The van der Waals surface area contributed by atoms with Crippen molar-refractivity contribution >= 4 is 28.9 Å². The second-order valence-corrected chi connectivity index (χ2v) is 15.2. The van der Waals surface area contributed by atoms with E-state index in [-0.39, 0.29) is 66.0 Å². The zero-order chi connectivity index (χ0) is 34.0. The fourth-order valence-corrected chi connectivity index (χ4v) is 7.61. The molecule has 256 valence electrons. The molecular weight excluding hydrogens is 596 g/mol. The predicted molar refractivity (Wildman–Crippen MR) is 187 cm³/mol. The standard InChI is InChI=1S/C37H58N4O4S/c1-24(2)19-28(20-27-15-11-10-12-16-27)38-35(43)30-23-46-36(39-30)34(45-9)22-32(26(5)6)41(8)37(44)29(25(3)4)21-33(42)31-17-13-14-18-40(31)7/h10-12,15-16,23-26,28-29,31-32,34H,13-14,17-22H2,1-9H3,(H,38,43)/t28-,29+,31-,32-,34-/m1/s1. The number of amides is 2. The normalized spacial score (nSPS) is 18.4. The number of nitrogens with zero attached hydrogens (tertiary/aromatic N) is 3. The zero-order valence-corrected chi connectivity index (χ0v) is 30.4. The van der Waals surface area contributed by atoms with Gasteiger partial charge in [-0.05, 0) is 62.6 Å². The van der Waals surface area contributed by atoms with E-state index in [0.29, 0.717) is 18.0 Å². The predicted octanol–water partition coefficient (Wildman–Crippen LogP) is 6.81. The molecule has 0 saturated carbocycles. The van der Waals surface area contributed by atoms with Gasteiger partial charge in [-0.2, -0.15) is 0 Å². The molecule has 0 bridgehead atoms. The summed E-state index contributed by atoms with van der Waals surface area (Å²) < 4.78 is 5.93. The third kappa shape index (κ3) is 10.7. The quantitative estimate of drug-likeness (QED) is 0.202. The molecule has 0 radical (unpaired) electrons. The van der Waals surface area contributed by atoms with Crippen LogP contribution < -0.4 is 5.32 Å². The summed E-state index contributed by atoms with van der Waals surface area (Å²) in [6, 6.07) is 10.0. The molecule has 1 aliphatic heterocycles. The van der Waals surface area contributed by atoms with Crippen LogP contribution in [-0.4, -0.2) is 78.3 Å². The summed E-state index contributed by atoms with van der Waals surface area (Å²) >= 11 is 1.42. The molecule has 2 heterocycles. The van der Waals surface area contributed by atoms with E-state index >= 15 is 0 Å². The van der Waals surface area contributed by atoms with Crippen molar-refractivity contribution in [2.75, 3.05) is 27.7 Å². The van der Waals surface area contributed by atoms with E-state index in [9.17, 15) is 14.4 Å². The Morgan fingerprint density at radius 1 is 1.04 bits per heavy atom. The molecule has 0 spiro atoms. The van der Waals surface area contributed by atoms with Gasteiger partial charge in [0.05, 0.1) is 6.04 Å². The number of likely N-dealkylation sites (tertiary alicyclic amines) is 1. The summed E-state index contributed by atoms with van der Waals surface area (Å²) in [6.45, 7) is 13.5. The zero-order valence-electron chi connectivity index (χ0n) is 29.6. The third-order valence-electron chi connectivity index (χ3n) is 9.49. The summed E-state index contributed by atoms with van der Waals surface area (Å²) in [5.41, 5.74) is 1.58. The van der Waals surface area contributed by atoms with Crippen LogP contribution in [0.1, 0.15) is 107 Å². The van der Waals surface area contributed by atoms with Crippen LogP contribution in [0.25, 0.3) is 0 Å². The molecule has 2 aromatic rings. The lowest BCUT2D eigenvalue weighted by atomic mass is 9.84. The number of hydrogen-bond donors (Lipinski definition) is 1. The van der Waals surface area contributed by atoms with Gasteiger partial charge in [0.1, 0.15) is 16.8 Å². The van der Waals surface area contributed by atoms with Crippen molar-refractivity contribution in [2.45, 2.75) is 111 Å². The van der Waals surface area contributed by atoms with Gasteiger partial charge < -0.3 is 15.0 Å². The molecule has 2 amide bonds. The van der Waals surface area contributed by atoms with Gasteiger partial charge in [0.2, 0.25) is 5.91 Å². The monoisotopic (exact) mass is 654 g/mol. The van der Waals surface area contributed by atoms with Crippen molar-refractivity contribution in [1.29, 1.82) is 0 Å². The lowest BCUT2D eigenvalue weighted by Gasteiger charge is -2.37. The van der Waals surface area contributed by atoms with E-state index in [2.05, 4.69) is 50.0 Å². The van der Waals surface area contributed by atoms with E-state index < -0.39 is 0 Å². The lowest BCUT2D eigenvalue weighted by Crippen LogP contribution is -2.47. The van der Waals surface area contributed by atoms with E-state index in [1.165, 1.54) is 16.9 Å². The molecule has 1 fully saturated rings. The number of thiazole rings is 1. The molecule has 1 aromatic heterocycles. The maximum absolute atomic E-state index is 14.0. The number of hydrogen-bond acceptors (Lipinski definition) is 7. The molecule has 3 rings (SSSR count). The number of ether oxygens (including phenoxy) is 1. The highest BCUT2D eigenvalue weighted by Gasteiger charge is 2.36. The Morgan fingerprint density at radius 2 is 1.74 bits per heavy atom. The highest BCUT2D eigenvalue weighted by atomic mass is 32.1. The van der Waals surface area contributed by atoms with Crippen molar-refractivity contribution in [3.8, 4) is 0 Å². The molecule has 0 unspecified atom stereocenters. The second-order valence-electron chi connectivity index (χ2n) is 14.3.